The van der Waals surface area contributed by atoms with Gasteiger partial charge < -0.3 is 19.8 Å². The van der Waals surface area contributed by atoms with Crippen molar-refractivity contribution >= 4 is 18.3 Å². The number of fused-ring (bicyclic) bond motifs is 1. The van der Waals surface area contributed by atoms with Crippen LogP contribution in [-0.4, -0.2) is 41.1 Å². The average molecular weight is 420 g/mol. The van der Waals surface area contributed by atoms with E-state index >= 15 is 0 Å². The highest BCUT2D eigenvalue weighted by Crippen LogP contribution is 2.31. The van der Waals surface area contributed by atoms with Gasteiger partial charge in [-0.1, -0.05) is 25.1 Å². The van der Waals surface area contributed by atoms with Crippen molar-refractivity contribution in [3.8, 4) is 11.5 Å². The Morgan fingerprint density at radius 2 is 2.10 bits per heavy atom. The Morgan fingerprint density at radius 3 is 2.86 bits per heavy atom. The standard InChI is InChI=1S/C22H29N3O3.ClH/c1-2-12-27-20-13-16(8-9-17(20)23)22(26)25-11-10-19-18(14-25)24-21(28-19)15-6-4-3-5-7-15;/h3-7,16-17,20H,2,8-14,23H2,1H3;1H/t16-,17+,20+;/m0./s1. The molecule has 3 atom stereocenters. The Labute approximate surface area is 178 Å². The van der Waals surface area contributed by atoms with E-state index in [1.807, 2.05) is 35.2 Å². The number of hydrogen-bond donors (Lipinski definition) is 1. The molecule has 2 aliphatic rings. The van der Waals surface area contributed by atoms with E-state index in [4.69, 9.17) is 14.9 Å². The van der Waals surface area contributed by atoms with E-state index in [1.54, 1.807) is 0 Å². The molecule has 7 heteroatoms. The van der Waals surface area contributed by atoms with Crippen LogP contribution in [-0.2, 0) is 22.5 Å². The maximum absolute atomic E-state index is 13.1. The van der Waals surface area contributed by atoms with Crippen LogP contribution in [0.1, 0.15) is 44.1 Å². The Balaban J connectivity index is 0.00000240. The predicted octanol–water partition coefficient (Wildman–Crippen LogP) is 3.57. The zero-order valence-corrected chi connectivity index (χ0v) is 17.7. The molecule has 29 heavy (non-hydrogen) atoms. The van der Waals surface area contributed by atoms with Gasteiger partial charge in [-0.2, -0.15) is 0 Å². The SMILES string of the molecule is CCCO[C@@H]1C[C@@H](C(=O)N2CCc3oc(-c4ccccc4)nc3C2)CC[C@H]1N.Cl. The van der Waals surface area contributed by atoms with Crippen LogP contribution in [0.4, 0.5) is 0 Å². The highest BCUT2D eigenvalue weighted by atomic mass is 35.5. The van der Waals surface area contributed by atoms with Crippen molar-refractivity contribution < 1.29 is 13.9 Å². The Kier molecular flexibility index (Phi) is 7.33. The minimum Gasteiger partial charge on any atom is -0.441 e. The zero-order chi connectivity index (χ0) is 19.5. The summed E-state index contributed by atoms with van der Waals surface area (Å²) in [6.45, 7) is 3.99. The van der Waals surface area contributed by atoms with Crippen molar-refractivity contribution in [2.75, 3.05) is 13.2 Å². The number of carbonyl (C=O) groups excluding carboxylic acids is 1. The van der Waals surface area contributed by atoms with Gasteiger partial charge in [0, 0.05) is 37.1 Å². The minimum atomic E-state index is -0.0141. The first kappa shape index (κ1) is 21.8. The number of aromatic nitrogens is 1. The van der Waals surface area contributed by atoms with Crippen LogP contribution in [0.15, 0.2) is 34.7 Å². The molecule has 1 saturated carbocycles. The molecule has 0 saturated heterocycles. The fourth-order valence-corrected chi connectivity index (χ4v) is 4.19. The number of oxazole rings is 1. The molecule has 1 aromatic heterocycles. The van der Waals surface area contributed by atoms with Crippen LogP contribution in [0.3, 0.4) is 0 Å². The van der Waals surface area contributed by atoms with Gasteiger partial charge in [-0.15, -0.1) is 12.4 Å². The summed E-state index contributed by atoms with van der Waals surface area (Å²) in [5, 5.41) is 0. The maximum Gasteiger partial charge on any atom is 0.226 e. The molecule has 1 aromatic carbocycles. The molecule has 2 heterocycles. The van der Waals surface area contributed by atoms with Gasteiger partial charge in [-0.05, 0) is 37.8 Å². The van der Waals surface area contributed by atoms with Gasteiger partial charge in [0.2, 0.25) is 11.8 Å². The third-order valence-electron chi connectivity index (χ3n) is 5.79. The smallest absolute Gasteiger partial charge is 0.226 e. The molecule has 1 aliphatic carbocycles. The molecule has 6 nitrogen and oxygen atoms in total. The molecule has 2 aromatic rings. The summed E-state index contributed by atoms with van der Waals surface area (Å²) in [5.41, 5.74) is 8.05. The van der Waals surface area contributed by atoms with Crippen molar-refractivity contribution in [1.82, 2.24) is 9.88 Å². The van der Waals surface area contributed by atoms with Crippen molar-refractivity contribution in [3.63, 3.8) is 0 Å². The fraction of sp³-hybridized carbons (Fsp3) is 0.545. The van der Waals surface area contributed by atoms with Crippen LogP contribution >= 0.6 is 12.4 Å². The number of benzene rings is 1. The Bertz CT molecular complexity index is 811. The Morgan fingerprint density at radius 1 is 1.31 bits per heavy atom. The summed E-state index contributed by atoms with van der Waals surface area (Å²) in [5.74, 6) is 1.73. The van der Waals surface area contributed by atoms with Crippen molar-refractivity contribution in [2.45, 2.75) is 57.7 Å². The molecule has 0 unspecified atom stereocenters. The van der Waals surface area contributed by atoms with E-state index in [2.05, 4.69) is 11.9 Å². The quantitative estimate of drug-likeness (QED) is 0.801. The van der Waals surface area contributed by atoms with Crippen molar-refractivity contribution in [2.24, 2.45) is 11.7 Å². The third kappa shape index (κ3) is 4.82. The second kappa shape index (κ2) is 9.74. The summed E-state index contributed by atoms with van der Waals surface area (Å²) in [6, 6.07) is 9.93. The van der Waals surface area contributed by atoms with Crippen LogP contribution in [0.5, 0.6) is 0 Å². The molecule has 0 radical (unpaired) electrons. The largest absolute Gasteiger partial charge is 0.441 e. The molecule has 1 aliphatic heterocycles. The van der Waals surface area contributed by atoms with Gasteiger partial charge >= 0.3 is 0 Å². The molecule has 2 N–H and O–H groups in total. The number of hydrogen-bond acceptors (Lipinski definition) is 5. The van der Waals surface area contributed by atoms with E-state index in [0.717, 1.165) is 42.7 Å². The van der Waals surface area contributed by atoms with Crippen LogP contribution in [0.25, 0.3) is 11.5 Å². The second-order valence-corrected chi connectivity index (χ2v) is 7.85. The van der Waals surface area contributed by atoms with Gasteiger partial charge in [-0.25, -0.2) is 4.98 Å². The van der Waals surface area contributed by atoms with E-state index in [-0.39, 0.29) is 36.4 Å². The minimum absolute atomic E-state index is 0. The van der Waals surface area contributed by atoms with E-state index in [1.165, 1.54) is 0 Å². The van der Waals surface area contributed by atoms with E-state index < -0.39 is 0 Å². The molecule has 158 valence electrons. The summed E-state index contributed by atoms with van der Waals surface area (Å²) in [4.78, 5) is 19.7. The lowest BCUT2D eigenvalue weighted by atomic mass is 9.83. The number of amides is 1. The maximum atomic E-state index is 13.1. The lowest BCUT2D eigenvalue weighted by Crippen LogP contribution is -2.47. The number of ether oxygens (including phenoxy) is 1. The Hall–Kier alpha value is -1.89. The number of nitrogens with two attached hydrogens (primary N) is 1. The number of nitrogens with zero attached hydrogens (tertiary/aromatic N) is 2. The number of carbonyl (C=O) groups is 1. The normalized spacial score (nSPS) is 23.9. The molecular weight excluding hydrogens is 390 g/mol. The topological polar surface area (TPSA) is 81.6 Å². The van der Waals surface area contributed by atoms with Crippen LogP contribution in [0, 0.1) is 5.92 Å². The molecule has 0 bridgehead atoms. The zero-order valence-electron chi connectivity index (χ0n) is 16.9. The highest BCUT2D eigenvalue weighted by molar-refractivity contribution is 5.85. The predicted molar refractivity (Wildman–Crippen MR) is 114 cm³/mol. The van der Waals surface area contributed by atoms with Gasteiger partial charge in [0.25, 0.3) is 0 Å². The van der Waals surface area contributed by atoms with Gasteiger partial charge in [0.05, 0.1) is 12.6 Å². The van der Waals surface area contributed by atoms with Crippen LogP contribution < -0.4 is 5.73 Å². The summed E-state index contributed by atoms with van der Waals surface area (Å²) < 4.78 is 11.9. The lowest BCUT2D eigenvalue weighted by molar-refractivity contribution is -0.140. The first-order chi connectivity index (χ1) is 13.7. The van der Waals surface area contributed by atoms with Gasteiger partial charge in [-0.3, -0.25) is 4.79 Å². The lowest BCUT2D eigenvalue weighted by Gasteiger charge is -2.36. The average Bonchev–Trinajstić information content (AvgIpc) is 3.17. The monoisotopic (exact) mass is 419 g/mol. The molecule has 4 rings (SSSR count). The van der Waals surface area contributed by atoms with E-state index in [0.29, 0.717) is 32.0 Å². The summed E-state index contributed by atoms with van der Waals surface area (Å²) in [6.07, 6.45) is 4.06. The molecular formula is C22H30ClN3O3. The first-order valence-corrected chi connectivity index (χ1v) is 10.4. The number of halogens is 1. The van der Waals surface area contributed by atoms with E-state index in [9.17, 15) is 4.79 Å². The first-order valence-electron chi connectivity index (χ1n) is 10.4. The van der Waals surface area contributed by atoms with Crippen LogP contribution in [0.2, 0.25) is 0 Å². The molecule has 1 amide bonds. The van der Waals surface area contributed by atoms with Crippen molar-refractivity contribution in [3.05, 3.63) is 41.8 Å². The number of rotatable bonds is 5. The molecule has 1 fully saturated rings. The third-order valence-corrected chi connectivity index (χ3v) is 5.79. The summed E-state index contributed by atoms with van der Waals surface area (Å²) in [7, 11) is 0. The fourth-order valence-electron chi connectivity index (χ4n) is 4.19. The van der Waals surface area contributed by atoms with Crippen molar-refractivity contribution in [1.29, 1.82) is 0 Å². The second-order valence-electron chi connectivity index (χ2n) is 7.85. The molecule has 0 spiro atoms. The highest BCUT2D eigenvalue weighted by Gasteiger charge is 2.36. The van der Waals surface area contributed by atoms with Gasteiger partial charge in [0.1, 0.15) is 11.5 Å². The summed E-state index contributed by atoms with van der Waals surface area (Å²) >= 11 is 0. The van der Waals surface area contributed by atoms with Gasteiger partial charge in [0.15, 0.2) is 0 Å².